The second-order valence-corrected chi connectivity index (χ2v) is 9.93. The quantitative estimate of drug-likeness (QED) is 0.152. The van der Waals surface area contributed by atoms with Gasteiger partial charge in [0.25, 0.3) is 0 Å². The number of Topliss-reactive ketones (excluding diaryl/α,β-unsaturated/α-hetero) is 1. The molecule has 3 aromatic carbocycles. The van der Waals surface area contributed by atoms with Crippen molar-refractivity contribution in [2.75, 3.05) is 19.6 Å². The Morgan fingerprint density at radius 1 is 0.886 bits per heavy atom. The van der Waals surface area contributed by atoms with Crippen molar-refractivity contribution in [3.63, 3.8) is 0 Å². The van der Waals surface area contributed by atoms with Crippen LogP contribution in [0.2, 0.25) is 0 Å². The third-order valence-corrected chi connectivity index (χ3v) is 7.72. The summed E-state index contributed by atoms with van der Waals surface area (Å²) in [6, 6.07) is 25.0. The van der Waals surface area contributed by atoms with E-state index in [0.717, 1.165) is 64.5 Å². The molecule has 2 heterocycles. The molecule has 0 unspecified atom stereocenters. The van der Waals surface area contributed by atoms with Crippen LogP contribution in [0.1, 0.15) is 43.5 Å². The lowest BCUT2D eigenvalue weighted by Crippen LogP contribution is -2.24. The van der Waals surface area contributed by atoms with Crippen LogP contribution in [0.3, 0.4) is 0 Å². The molecule has 5 rings (SSSR count). The molecule has 2 aromatic heterocycles. The normalized spacial score (nSPS) is 11.6. The molecule has 4 nitrogen and oxygen atoms in total. The number of aromatic nitrogens is 2. The Bertz CT molecular complexity index is 1450. The molecule has 0 saturated heterocycles. The number of imidazole rings is 1. The standard InChI is InChI=1S/C30H31N3OS/c1-3-32(4-2)18-9-8-15-28(34)25-16-17-27-29(20-25)35-30-31-26(21-33(27)30)24-14-10-13-23(19-24)22-11-6-5-7-12-22/h5-7,10-14,16-17,19-21H,3-4,8-9,15,18H2,1-2H3. The van der Waals surface area contributed by atoms with Crippen LogP contribution in [0.5, 0.6) is 0 Å². The monoisotopic (exact) mass is 481 g/mol. The van der Waals surface area contributed by atoms with Gasteiger partial charge in [0, 0.05) is 23.7 Å². The topological polar surface area (TPSA) is 37.6 Å². The Balaban J connectivity index is 1.33. The molecule has 0 aliphatic heterocycles. The van der Waals surface area contributed by atoms with Crippen molar-refractivity contribution in [1.29, 1.82) is 0 Å². The minimum Gasteiger partial charge on any atom is -0.304 e. The summed E-state index contributed by atoms with van der Waals surface area (Å²) in [5.74, 6) is 0.232. The summed E-state index contributed by atoms with van der Waals surface area (Å²) >= 11 is 1.64. The molecular weight excluding hydrogens is 450 g/mol. The number of ketones is 1. The average Bonchev–Trinajstić information content (AvgIpc) is 3.47. The van der Waals surface area contributed by atoms with Gasteiger partial charge in [0.15, 0.2) is 10.7 Å². The zero-order chi connectivity index (χ0) is 24.2. The number of unbranched alkanes of at least 4 members (excludes halogenated alkanes) is 1. The van der Waals surface area contributed by atoms with Gasteiger partial charge in [-0.15, -0.1) is 0 Å². The van der Waals surface area contributed by atoms with E-state index in [0.29, 0.717) is 6.42 Å². The number of fused-ring (bicyclic) bond motifs is 3. The highest BCUT2D eigenvalue weighted by Crippen LogP contribution is 2.32. The zero-order valence-electron chi connectivity index (χ0n) is 20.4. The van der Waals surface area contributed by atoms with Gasteiger partial charge in [-0.1, -0.05) is 73.7 Å². The fourth-order valence-electron chi connectivity index (χ4n) is 4.61. The molecule has 0 amide bonds. The van der Waals surface area contributed by atoms with Crippen molar-refractivity contribution < 1.29 is 4.79 Å². The van der Waals surface area contributed by atoms with Crippen LogP contribution < -0.4 is 0 Å². The first-order valence-electron chi connectivity index (χ1n) is 12.5. The van der Waals surface area contributed by atoms with Crippen molar-refractivity contribution in [2.24, 2.45) is 0 Å². The van der Waals surface area contributed by atoms with Crippen molar-refractivity contribution in [2.45, 2.75) is 33.1 Å². The predicted molar refractivity (Wildman–Crippen MR) is 147 cm³/mol. The molecule has 0 bridgehead atoms. The van der Waals surface area contributed by atoms with Crippen LogP contribution in [-0.2, 0) is 0 Å². The Labute approximate surface area is 210 Å². The number of hydrogen-bond donors (Lipinski definition) is 0. The number of nitrogens with zero attached hydrogens (tertiary/aromatic N) is 3. The van der Waals surface area contributed by atoms with E-state index >= 15 is 0 Å². The minimum atomic E-state index is 0.232. The third kappa shape index (κ3) is 5.07. The Hall–Kier alpha value is -3.28. The molecule has 5 heteroatoms. The van der Waals surface area contributed by atoms with Crippen LogP contribution in [0.15, 0.2) is 79.0 Å². The number of carbonyl (C=O) groups excluding carboxylic acids is 1. The van der Waals surface area contributed by atoms with E-state index in [1.54, 1.807) is 11.3 Å². The molecule has 0 fully saturated rings. The fourth-order valence-corrected chi connectivity index (χ4v) is 5.65. The summed E-state index contributed by atoms with van der Waals surface area (Å²) in [7, 11) is 0. The van der Waals surface area contributed by atoms with Crippen LogP contribution in [0, 0.1) is 0 Å². The molecule has 0 N–H and O–H groups in total. The minimum absolute atomic E-state index is 0.232. The number of thiazole rings is 1. The SMILES string of the molecule is CCN(CC)CCCCC(=O)c1ccc2c(c1)sc1nc(-c3cccc(-c4ccccc4)c3)cn12. The molecule has 0 saturated carbocycles. The van der Waals surface area contributed by atoms with Gasteiger partial charge in [-0.05, 0) is 67.9 Å². The highest BCUT2D eigenvalue weighted by molar-refractivity contribution is 7.23. The van der Waals surface area contributed by atoms with Gasteiger partial charge >= 0.3 is 0 Å². The highest BCUT2D eigenvalue weighted by Gasteiger charge is 2.14. The Morgan fingerprint density at radius 3 is 2.46 bits per heavy atom. The van der Waals surface area contributed by atoms with Gasteiger partial charge in [0.05, 0.1) is 15.9 Å². The first-order chi connectivity index (χ1) is 17.2. The first-order valence-corrected chi connectivity index (χ1v) is 13.3. The molecular formula is C30H31N3OS. The van der Waals surface area contributed by atoms with E-state index in [2.05, 4.69) is 83.9 Å². The largest absolute Gasteiger partial charge is 0.304 e. The lowest BCUT2D eigenvalue weighted by Gasteiger charge is -2.17. The maximum Gasteiger partial charge on any atom is 0.195 e. The predicted octanol–water partition coefficient (Wildman–Crippen LogP) is 7.58. The molecule has 0 radical (unpaired) electrons. The van der Waals surface area contributed by atoms with Crippen LogP contribution in [-0.4, -0.2) is 39.7 Å². The molecule has 0 spiro atoms. The van der Waals surface area contributed by atoms with Gasteiger partial charge in [-0.3, -0.25) is 9.20 Å². The molecule has 35 heavy (non-hydrogen) atoms. The Kier molecular flexibility index (Phi) is 7.07. The van der Waals surface area contributed by atoms with Gasteiger partial charge in [0.2, 0.25) is 0 Å². The van der Waals surface area contributed by atoms with Crippen molar-refractivity contribution in [3.8, 4) is 22.4 Å². The van der Waals surface area contributed by atoms with E-state index in [4.69, 9.17) is 4.98 Å². The number of hydrogen-bond acceptors (Lipinski definition) is 4. The van der Waals surface area contributed by atoms with Gasteiger partial charge in [-0.2, -0.15) is 0 Å². The lowest BCUT2D eigenvalue weighted by atomic mass is 10.0. The van der Waals surface area contributed by atoms with Crippen molar-refractivity contribution in [3.05, 3.63) is 84.6 Å². The molecule has 178 valence electrons. The summed E-state index contributed by atoms with van der Waals surface area (Å²) in [5, 5.41) is 0. The summed E-state index contributed by atoms with van der Waals surface area (Å²) < 4.78 is 3.24. The summed E-state index contributed by atoms with van der Waals surface area (Å²) in [5.41, 5.74) is 6.36. The zero-order valence-corrected chi connectivity index (χ0v) is 21.2. The van der Waals surface area contributed by atoms with Gasteiger partial charge in [0.1, 0.15) is 0 Å². The number of benzene rings is 3. The molecule has 0 aliphatic carbocycles. The number of rotatable bonds is 10. The van der Waals surface area contributed by atoms with Crippen LogP contribution in [0.25, 0.3) is 37.6 Å². The van der Waals surface area contributed by atoms with E-state index in [9.17, 15) is 4.79 Å². The van der Waals surface area contributed by atoms with E-state index in [-0.39, 0.29) is 5.78 Å². The van der Waals surface area contributed by atoms with Crippen molar-refractivity contribution >= 4 is 32.3 Å². The summed E-state index contributed by atoms with van der Waals surface area (Å²) in [4.78, 5) is 21.1. The maximum atomic E-state index is 12.8. The first kappa shape index (κ1) is 23.5. The highest BCUT2D eigenvalue weighted by atomic mass is 32.1. The smallest absolute Gasteiger partial charge is 0.195 e. The lowest BCUT2D eigenvalue weighted by molar-refractivity contribution is 0.0978. The Morgan fingerprint density at radius 2 is 1.66 bits per heavy atom. The van der Waals surface area contributed by atoms with Crippen LogP contribution >= 0.6 is 11.3 Å². The van der Waals surface area contributed by atoms with Crippen molar-refractivity contribution in [1.82, 2.24) is 14.3 Å². The second kappa shape index (κ2) is 10.5. The van der Waals surface area contributed by atoms with Crippen LogP contribution in [0.4, 0.5) is 0 Å². The molecule has 5 aromatic rings. The average molecular weight is 482 g/mol. The maximum absolute atomic E-state index is 12.8. The summed E-state index contributed by atoms with van der Waals surface area (Å²) in [6.45, 7) is 7.58. The van der Waals surface area contributed by atoms with E-state index in [1.165, 1.54) is 11.1 Å². The number of carbonyl (C=O) groups is 1. The molecule has 0 aliphatic rings. The van der Waals surface area contributed by atoms with Gasteiger partial charge in [-0.25, -0.2) is 4.98 Å². The third-order valence-electron chi connectivity index (χ3n) is 6.70. The second-order valence-electron chi connectivity index (χ2n) is 8.92. The van der Waals surface area contributed by atoms with Gasteiger partial charge < -0.3 is 4.90 Å². The van der Waals surface area contributed by atoms with E-state index < -0.39 is 0 Å². The fraction of sp³-hybridized carbons (Fsp3) is 0.267. The summed E-state index contributed by atoms with van der Waals surface area (Å²) in [6.07, 6.45) is 4.72. The van der Waals surface area contributed by atoms with E-state index in [1.807, 2.05) is 18.2 Å². The molecule has 0 atom stereocenters.